The summed E-state index contributed by atoms with van der Waals surface area (Å²) in [5, 5.41) is 3.14. The molecule has 1 fully saturated rings. The van der Waals surface area contributed by atoms with Gasteiger partial charge >= 0.3 is 6.03 Å². The van der Waals surface area contributed by atoms with Crippen LogP contribution in [0, 0.1) is 0 Å². The van der Waals surface area contributed by atoms with E-state index in [-0.39, 0.29) is 6.03 Å². The van der Waals surface area contributed by atoms with Gasteiger partial charge in [-0.05, 0) is 30.0 Å². The largest absolute Gasteiger partial charge is 0.324 e. The fourth-order valence-electron chi connectivity index (χ4n) is 3.81. The molecule has 1 aliphatic rings. The summed E-state index contributed by atoms with van der Waals surface area (Å²) < 4.78 is 0. The molecule has 0 radical (unpaired) electrons. The molecule has 0 aromatic heterocycles. The highest BCUT2D eigenvalue weighted by atomic mass is 16.2. The van der Waals surface area contributed by atoms with Crippen molar-refractivity contribution in [2.45, 2.75) is 18.8 Å². The maximum absolute atomic E-state index is 12.9. The molecule has 1 heterocycles. The summed E-state index contributed by atoms with van der Waals surface area (Å²) in [5.74, 6) is 0.412. The number of amides is 2. The Hall–Kier alpha value is -3.07. The van der Waals surface area contributed by atoms with Crippen molar-refractivity contribution in [3.8, 4) is 11.1 Å². The van der Waals surface area contributed by atoms with E-state index in [1.165, 1.54) is 5.56 Å². The monoisotopic (exact) mass is 356 g/mol. The van der Waals surface area contributed by atoms with Gasteiger partial charge in [0, 0.05) is 24.6 Å². The van der Waals surface area contributed by atoms with Crippen LogP contribution < -0.4 is 5.32 Å². The Labute approximate surface area is 160 Å². The van der Waals surface area contributed by atoms with Crippen LogP contribution in [0.4, 0.5) is 10.5 Å². The fourth-order valence-corrected chi connectivity index (χ4v) is 3.81. The van der Waals surface area contributed by atoms with Gasteiger partial charge in [0.25, 0.3) is 0 Å². The van der Waals surface area contributed by atoms with Crippen LogP contribution in [0.3, 0.4) is 0 Å². The number of para-hydroxylation sites is 1. The van der Waals surface area contributed by atoms with E-state index in [1.54, 1.807) is 0 Å². The van der Waals surface area contributed by atoms with Crippen molar-refractivity contribution in [1.29, 1.82) is 0 Å². The molecular weight excluding hydrogens is 332 g/mol. The van der Waals surface area contributed by atoms with Crippen molar-refractivity contribution in [3.63, 3.8) is 0 Å². The Bertz CT molecular complexity index is 893. The van der Waals surface area contributed by atoms with E-state index in [1.807, 2.05) is 53.4 Å². The SMILES string of the molecule is O=C(Nc1ccccc1-c1ccccc1)N1CCC[C@@H](c2ccccc2)C1. The Balaban J connectivity index is 1.50. The molecular formula is C24H24N2O. The summed E-state index contributed by atoms with van der Waals surface area (Å²) >= 11 is 0. The fraction of sp³-hybridized carbons (Fsp3) is 0.208. The molecule has 3 nitrogen and oxygen atoms in total. The molecule has 27 heavy (non-hydrogen) atoms. The second-order valence-electron chi connectivity index (χ2n) is 7.04. The number of hydrogen-bond acceptors (Lipinski definition) is 1. The molecule has 0 saturated carbocycles. The first-order chi connectivity index (χ1) is 13.3. The van der Waals surface area contributed by atoms with Gasteiger partial charge in [0.05, 0.1) is 5.69 Å². The summed E-state index contributed by atoms with van der Waals surface area (Å²) in [6, 6.07) is 28.7. The number of urea groups is 1. The van der Waals surface area contributed by atoms with E-state index in [4.69, 9.17) is 0 Å². The number of piperidine rings is 1. The van der Waals surface area contributed by atoms with Crippen LogP contribution in [0.5, 0.6) is 0 Å². The zero-order chi connectivity index (χ0) is 18.5. The minimum atomic E-state index is -0.0148. The number of anilines is 1. The quantitative estimate of drug-likeness (QED) is 0.635. The van der Waals surface area contributed by atoms with Crippen molar-refractivity contribution in [2.24, 2.45) is 0 Å². The molecule has 1 atom stereocenters. The summed E-state index contributed by atoms with van der Waals surface area (Å²) in [5.41, 5.74) is 4.33. The first kappa shape index (κ1) is 17.3. The molecule has 0 unspecified atom stereocenters. The predicted octanol–water partition coefficient (Wildman–Crippen LogP) is 5.77. The van der Waals surface area contributed by atoms with Gasteiger partial charge in [-0.25, -0.2) is 4.79 Å². The minimum absolute atomic E-state index is 0.0148. The third kappa shape index (κ3) is 4.03. The van der Waals surface area contributed by atoms with E-state index in [0.29, 0.717) is 5.92 Å². The van der Waals surface area contributed by atoms with E-state index in [0.717, 1.165) is 42.7 Å². The lowest BCUT2D eigenvalue weighted by Crippen LogP contribution is -2.41. The zero-order valence-electron chi connectivity index (χ0n) is 15.3. The predicted molar refractivity (Wildman–Crippen MR) is 111 cm³/mol. The highest BCUT2D eigenvalue weighted by Crippen LogP contribution is 2.30. The van der Waals surface area contributed by atoms with Crippen LogP contribution in [-0.4, -0.2) is 24.0 Å². The Morgan fingerprint density at radius 2 is 1.52 bits per heavy atom. The summed E-state index contributed by atoms with van der Waals surface area (Å²) in [6.45, 7) is 1.58. The third-order valence-electron chi connectivity index (χ3n) is 5.23. The first-order valence-electron chi connectivity index (χ1n) is 9.56. The normalized spacial score (nSPS) is 16.7. The summed E-state index contributed by atoms with van der Waals surface area (Å²) in [7, 11) is 0. The molecule has 0 spiro atoms. The average Bonchev–Trinajstić information content (AvgIpc) is 2.75. The van der Waals surface area contributed by atoms with Crippen LogP contribution >= 0.6 is 0 Å². The summed E-state index contributed by atoms with van der Waals surface area (Å²) in [4.78, 5) is 14.9. The number of hydrogen-bond donors (Lipinski definition) is 1. The highest BCUT2D eigenvalue weighted by Gasteiger charge is 2.25. The lowest BCUT2D eigenvalue weighted by Gasteiger charge is -2.33. The highest BCUT2D eigenvalue weighted by molar-refractivity contribution is 5.94. The molecule has 0 aliphatic carbocycles. The van der Waals surface area contributed by atoms with Crippen LogP contribution in [-0.2, 0) is 0 Å². The molecule has 1 N–H and O–H groups in total. The maximum atomic E-state index is 12.9. The maximum Gasteiger partial charge on any atom is 0.321 e. The van der Waals surface area contributed by atoms with Crippen molar-refractivity contribution in [1.82, 2.24) is 4.90 Å². The van der Waals surface area contributed by atoms with Gasteiger partial charge in [0.2, 0.25) is 0 Å². The van der Waals surface area contributed by atoms with Gasteiger partial charge < -0.3 is 10.2 Å². The molecule has 1 saturated heterocycles. The molecule has 3 aromatic carbocycles. The number of nitrogens with one attached hydrogen (secondary N) is 1. The van der Waals surface area contributed by atoms with Crippen molar-refractivity contribution in [2.75, 3.05) is 18.4 Å². The van der Waals surface area contributed by atoms with Gasteiger partial charge in [-0.3, -0.25) is 0 Å². The summed E-state index contributed by atoms with van der Waals surface area (Å²) in [6.07, 6.45) is 2.17. The Kier molecular flexibility index (Phi) is 5.20. The molecule has 0 bridgehead atoms. The topological polar surface area (TPSA) is 32.3 Å². The van der Waals surface area contributed by atoms with Crippen LogP contribution in [0.2, 0.25) is 0 Å². The van der Waals surface area contributed by atoms with Gasteiger partial charge in [0.1, 0.15) is 0 Å². The molecule has 3 heteroatoms. The van der Waals surface area contributed by atoms with Gasteiger partial charge in [-0.2, -0.15) is 0 Å². The van der Waals surface area contributed by atoms with E-state index in [9.17, 15) is 4.79 Å². The minimum Gasteiger partial charge on any atom is -0.324 e. The molecule has 3 aromatic rings. The van der Waals surface area contributed by atoms with Crippen molar-refractivity contribution >= 4 is 11.7 Å². The van der Waals surface area contributed by atoms with Crippen LogP contribution in [0.1, 0.15) is 24.3 Å². The van der Waals surface area contributed by atoms with E-state index < -0.39 is 0 Å². The van der Waals surface area contributed by atoms with Gasteiger partial charge in [-0.1, -0.05) is 78.9 Å². The third-order valence-corrected chi connectivity index (χ3v) is 5.23. The number of carbonyl (C=O) groups excluding carboxylic acids is 1. The second-order valence-corrected chi connectivity index (χ2v) is 7.04. The number of rotatable bonds is 3. The lowest BCUT2D eigenvalue weighted by atomic mass is 9.91. The number of benzene rings is 3. The van der Waals surface area contributed by atoms with Crippen molar-refractivity contribution < 1.29 is 4.79 Å². The zero-order valence-corrected chi connectivity index (χ0v) is 15.3. The lowest BCUT2D eigenvalue weighted by molar-refractivity contribution is 0.193. The van der Waals surface area contributed by atoms with Gasteiger partial charge in [0.15, 0.2) is 0 Å². The van der Waals surface area contributed by atoms with Crippen LogP contribution in [0.15, 0.2) is 84.9 Å². The second kappa shape index (κ2) is 8.09. The molecule has 1 aliphatic heterocycles. The van der Waals surface area contributed by atoms with E-state index in [2.05, 4.69) is 41.7 Å². The smallest absolute Gasteiger partial charge is 0.321 e. The van der Waals surface area contributed by atoms with Gasteiger partial charge in [-0.15, -0.1) is 0 Å². The standard InChI is InChI=1S/C24H24N2O/c27-24(26-17-9-14-21(18-26)19-10-3-1-4-11-19)25-23-16-8-7-15-22(23)20-12-5-2-6-13-20/h1-8,10-13,15-16,21H,9,14,17-18H2,(H,25,27)/t21-/m1/s1. The molecule has 4 rings (SSSR count). The average molecular weight is 356 g/mol. The van der Waals surface area contributed by atoms with Crippen LogP contribution in [0.25, 0.3) is 11.1 Å². The number of likely N-dealkylation sites (tertiary alicyclic amines) is 1. The number of nitrogens with zero attached hydrogens (tertiary/aromatic N) is 1. The first-order valence-corrected chi connectivity index (χ1v) is 9.56. The van der Waals surface area contributed by atoms with E-state index >= 15 is 0 Å². The molecule has 136 valence electrons. The Morgan fingerprint density at radius 3 is 2.30 bits per heavy atom. The molecule has 2 amide bonds. The number of carbonyl (C=O) groups is 1. The van der Waals surface area contributed by atoms with Crippen molar-refractivity contribution in [3.05, 3.63) is 90.5 Å². The Morgan fingerprint density at radius 1 is 0.852 bits per heavy atom.